The molecule has 3 N–H and O–H groups in total. The van der Waals surface area contributed by atoms with Crippen molar-refractivity contribution in [3.63, 3.8) is 0 Å². The van der Waals surface area contributed by atoms with Gasteiger partial charge in [0.05, 0.1) is 12.7 Å². The van der Waals surface area contributed by atoms with Gasteiger partial charge in [0.1, 0.15) is 0 Å². The van der Waals surface area contributed by atoms with E-state index in [4.69, 9.17) is 9.79 Å². The van der Waals surface area contributed by atoms with E-state index in [0.717, 1.165) is 12.8 Å². The lowest BCUT2D eigenvalue weighted by molar-refractivity contribution is -0.131. The average Bonchev–Trinajstić information content (AvgIpc) is 3.07. The van der Waals surface area contributed by atoms with Gasteiger partial charge in [-0.3, -0.25) is 14.2 Å². The summed E-state index contributed by atoms with van der Waals surface area (Å²) in [5.74, 6) is -1.07. The maximum absolute atomic E-state index is 11.3. The van der Waals surface area contributed by atoms with Gasteiger partial charge in [-0.15, -0.1) is 0 Å². The van der Waals surface area contributed by atoms with Crippen molar-refractivity contribution < 1.29 is 23.9 Å². The van der Waals surface area contributed by atoms with Crippen molar-refractivity contribution in [2.24, 2.45) is 5.92 Å². The molecule has 0 aromatic carbocycles. The van der Waals surface area contributed by atoms with Gasteiger partial charge < -0.3 is 25.4 Å². The number of hydrogen-bond donors (Lipinski definition) is 3. The lowest BCUT2D eigenvalue weighted by Crippen LogP contribution is -2.38. The van der Waals surface area contributed by atoms with Crippen molar-refractivity contribution in [3.8, 4) is 0 Å². The molecule has 0 aromatic heterocycles. The molecule has 1 rings (SSSR count). The molecule has 1 aliphatic carbocycles. The Hall–Kier alpha value is -0.950. The van der Waals surface area contributed by atoms with Crippen molar-refractivity contribution in [1.29, 1.82) is 0 Å². The van der Waals surface area contributed by atoms with E-state index in [9.17, 15) is 19.4 Å². The Kier molecular flexibility index (Phi) is 5.28. The van der Waals surface area contributed by atoms with Crippen LogP contribution in [0.25, 0.3) is 0 Å². The predicted octanol–water partition coefficient (Wildman–Crippen LogP) is -0.593. The van der Waals surface area contributed by atoms with Crippen LogP contribution >= 0.6 is 7.60 Å². The maximum atomic E-state index is 11.3. The van der Waals surface area contributed by atoms with E-state index < -0.39 is 19.7 Å². The normalized spacial score (nSPS) is 15.3. The minimum absolute atomic E-state index is 0.0347. The molecule has 104 valence electrons. The molecule has 1 fully saturated rings. The third-order valence-electron chi connectivity index (χ3n) is 2.45. The van der Waals surface area contributed by atoms with Crippen molar-refractivity contribution in [3.05, 3.63) is 5.21 Å². The molecule has 2 amide bonds. The van der Waals surface area contributed by atoms with Gasteiger partial charge in [-0.25, -0.2) is 0 Å². The zero-order valence-corrected chi connectivity index (χ0v) is 10.6. The van der Waals surface area contributed by atoms with Crippen LogP contribution in [0.4, 0.5) is 0 Å². The topological polar surface area (TPSA) is 130 Å². The van der Waals surface area contributed by atoms with E-state index >= 15 is 0 Å². The van der Waals surface area contributed by atoms with E-state index in [0.29, 0.717) is 0 Å². The Morgan fingerprint density at radius 1 is 1.39 bits per heavy atom. The Morgan fingerprint density at radius 2 is 2.00 bits per heavy atom. The third-order valence-corrected chi connectivity index (χ3v) is 3.35. The van der Waals surface area contributed by atoms with Crippen molar-refractivity contribution in [2.75, 3.05) is 19.3 Å². The molecule has 1 saturated carbocycles. The van der Waals surface area contributed by atoms with Gasteiger partial charge in [-0.2, -0.15) is 0 Å². The summed E-state index contributed by atoms with van der Waals surface area (Å²) in [6.07, 6.45) is 1.11. The number of rotatable bonds is 7. The molecule has 0 radical (unpaired) electrons. The Balaban J connectivity index is 2.15. The van der Waals surface area contributed by atoms with E-state index in [1.165, 1.54) is 0 Å². The van der Waals surface area contributed by atoms with E-state index in [1.54, 1.807) is 0 Å². The molecule has 0 bridgehead atoms. The van der Waals surface area contributed by atoms with Crippen LogP contribution in [0.1, 0.15) is 19.3 Å². The van der Waals surface area contributed by atoms with Gasteiger partial charge in [0.15, 0.2) is 0 Å². The summed E-state index contributed by atoms with van der Waals surface area (Å²) in [5, 5.41) is 13.7. The number of nitrogens with one attached hydrogen (secondary N) is 1. The minimum Gasteiger partial charge on any atom is -0.756 e. The summed E-state index contributed by atoms with van der Waals surface area (Å²) >= 11 is 0. The van der Waals surface area contributed by atoms with Gasteiger partial charge in [0.25, 0.3) is 0 Å². The van der Waals surface area contributed by atoms with Crippen LogP contribution in [0.3, 0.4) is 0 Å². The molecule has 18 heavy (non-hydrogen) atoms. The molecule has 0 aliphatic heterocycles. The first-order valence-electron chi connectivity index (χ1n) is 5.59. The van der Waals surface area contributed by atoms with Crippen LogP contribution in [-0.2, 0) is 14.2 Å². The first-order valence-corrected chi connectivity index (χ1v) is 7.39. The summed E-state index contributed by atoms with van der Waals surface area (Å²) in [7, 11) is -4.13. The minimum atomic E-state index is -4.13. The van der Waals surface area contributed by atoms with E-state index in [-0.39, 0.29) is 36.4 Å². The largest absolute Gasteiger partial charge is 0.756 e. The molecule has 0 atom stereocenters. The fraction of sp³-hybridized carbons (Fsp3) is 0.778. The molecule has 0 unspecified atom stereocenters. The fourth-order valence-electron chi connectivity index (χ4n) is 1.29. The first kappa shape index (κ1) is 15.1. The highest BCUT2D eigenvalue weighted by atomic mass is 31.2. The number of amides is 2. The molecule has 1 aliphatic rings. The number of carbonyl (C=O) groups excluding carboxylic acids is 2. The summed E-state index contributed by atoms with van der Waals surface area (Å²) in [6.45, 7) is -0.655. The van der Waals surface area contributed by atoms with Gasteiger partial charge in [-0.1, -0.05) is 0 Å². The van der Waals surface area contributed by atoms with Gasteiger partial charge >= 0.3 is 7.60 Å². The van der Waals surface area contributed by atoms with Crippen LogP contribution < -0.4 is 5.32 Å². The van der Waals surface area contributed by atoms with Crippen LogP contribution in [0.5, 0.6) is 0 Å². The molecular weight excluding hydrogens is 263 g/mol. The van der Waals surface area contributed by atoms with Crippen molar-refractivity contribution in [1.82, 2.24) is 10.4 Å². The monoisotopic (exact) mass is 279 g/mol. The van der Waals surface area contributed by atoms with Gasteiger partial charge in [0.2, 0.25) is 11.8 Å². The smallest absolute Gasteiger partial charge is 0.325 e. The summed E-state index contributed by atoms with van der Waals surface area (Å²) < 4.78 is 10.5. The zero-order valence-electron chi connectivity index (χ0n) is 9.74. The lowest BCUT2D eigenvalue weighted by Gasteiger charge is -2.28. The van der Waals surface area contributed by atoms with Crippen LogP contribution in [0, 0.1) is 11.1 Å². The van der Waals surface area contributed by atoms with E-state index in [2.05, 4.69) is 5.32 Å². The van der Waals surface area contributed by atoms with Crippen molar-refractivity contribution in [2.45, 2.75) is 19.3 Å². The quantitative estimate of drug-likeness (QED) is 0.421. The van der Waals surface area contributed by atoms with E-state index in [1.807, 2.05) is 0 Å². The van der Waals surface area contributed by atoms with Gasteiger partial charge in [0, 0.05) is 12.5 Å². The highest BCUT2D eigenvalue weighted by Crippen LogP contribution is 2.34. The van der Waals surface area contributed by atoms with Crippen LogP contribution in [0.2, 0.25) is 0 Å². The van der Waals surface area contributed by atoms with Crippen LogP contribution in [-0.4, -0.2) is 45.9 Å². The molecule has 9 heteroatoms. The molecule has 0 aromatic rings. The zero-order chi connectivity index (χ0) is 13.8. The summed E-state index contributed by atoms with van der Waals surface area (Å²) in [4.78, 5) is 39.6. The fourth-order valence-corrected chi connectivity index (χ4v) is 1.84. The number of hydrogen-bond acceptors (Lipinski definition) is 4. The lowest BCUT2D eigenvalue weighted by atomic mass is 10.4. The second kappa shape index (κ2) is 6.29. The van der Waals surface area contributed by atoms with Gasteiger partial charge in [-0.05, 0) is 19.3 Å². The number of carbonyl (C=O) groups is 2. The molecule has 8 nitrogen and oxygen atoms in total. The Labute approximate surface area is 104 Å². The second-order valence-corrected chi connectivity index (χ2v) is 6.01. The Morgan fingerprint density at radius 3 is 2.50 bits per heavy atom. The first-order chi connectivity index (χ1) is 8.29. The highest BCUT2D eigenvalue weighted by Gasteiger charge is 2.29. The second-order valence-electron chi connectivity index (χ2n) is 4.23. The van der Waals surface area contributed by atoms with Crippen molar-refractivity contribution >= 4 is 19.4 Å². The highest BCUT2D eigenvalue weighted by molar-refractivity contribution is 7.51. The number of nitrogens with zero attached hydrogens (tertiary/aromatic N) is 1. The van der Waals surface area contributed by atoms with Crippen LogP contribution in [0.15, 0.2) is 0 Å². The predicted molar refractivity (Wildman–Crippen MR) is 62.3 cm³/mol. The average molecular weight is 279 g/mol. The molecule has 0 saturated heterocycles. The number of hydroxylamine groups is 2. The SMILES string of the molecule is O=C(NCC(=O)N([O-])CCCP(=O)(O)O)C1CC1. The summed E-state index contributed by atoms with van der Waals surface area (Å²) in [6, 6.07) is 0. The molecule has 0 spiro atoms. The Bertz CT molecular complexity index is 364. The third kappa shape index (κ3) is 6.11. The molecule has 0 heterocycles. The summed E-state index contributed by atoms with van der Waals surface area (Å²) in [5.41, 5.74) is 0. The molecular formula is C9H16N2O6P-. The maximum Gasteiger partial charge on any atom is 0.325 e. The standard InChI is InChI=1S/C9H16N2O6P/c12-8(6-10-9(13)7-2-3-7)11(14)4-1-5-18(15,16)17/h7H,1-6H2,(H,10,13)(H2,15,16,17)/q-1.